The van der Waals surface area contributed by atoms with Crippen molar-refractivity contribution >= 4 is 70.4 Å². The lowest BCUT2D eigenvalue weighted by molar-refractivity contribution is 0.768. The van der Waals surface area contributed by atoms with E-state index in [0.717, 1.165) is 22.7 Å². The second kappa shape index (κ2) is 14.6. The standard InChI is InChI=1S/C61H40N2S/c1-3-20-43(21-4-1)61(54-32-12-9-27-50(54)51-28-10-13-33-55(51)61)44-22-16-25-47(40-44)62(46-38-36-42(37-39-46)49-30-15-19-41-18-7-8-26-48(41)49)57-35-17-31-53-58-60(64-59(53)57)52-29-11-14-34-56(52)63(58)45-23-5-2-6-24-45/h1-40H. The van der Waals surface area contributed by atoms with E-state index in [9.17, 15) is 0 Å². The van der Waals surface area contributed by atoms with E-state index >= 15 is 0 Å². The quantitative estimate of drug-likeness (QED) is 0.155. The van der Waals surface area contributed by atoms with Crippen LogP contribution in [0.4, 0.5) is 17.1 Å². The van der Waals surface area contributed by atoms with Crippen LogP contribution in [0.2, 0.25) is 0 Å². The van der Waals surface area contributed by atoms with Gasteiger partial charge in [0.15, 0.2) is 0 Å². The second-order valence-electron chi connectivity index (χ2n) is 16.8. The molecule has 0 amide bonds. The van der Waals surface area contributed by atoms with Crippen LogP contribution in [-0.4, -0.2) is 4.57 Å². The number of aromatic nitrogens is 1. The molecule has 0 aliphatic heterocycles. The number of hydrogen-bond acceptors (Lipinski definition) is 2. The summed E-state index contributed by atoms with van der Waals surface area (Å²) in [4.78, 5) is 2.49. The van der Waals surface area contributed by atoms with Gasteiger partial charge in [-0.05, 0) is 104 Å². The van der Waals surface area contributed by atoms with Gasteiger partial charge in [-0.1, -0.05) is 194 Å². The van der Waals surface area contributed by atoms with Gasteiger partial charge in [-0.2, -0.15) is 0 Å². The zero-order valence-electron chi connectivity index (χ0n) is 34.9. The van der Waals surface area contributed by atoms with Gasteiger partial charge in [0.1, 0.15) is 0 Å². The molecule has 10 aromatic carbocycles. The van der Waals surface area contributed by atoms with Crippen LogP contribution in [0.3, 0.4) is 0 Å². The molecule has 0 spiro atoms. The number of fused-ring (bicyclic) bond motifs is 9. The lowest BCUT2D eigenvalue weighted by atomic mass is 9.67. The van der Waals surface area contributed by atoms with E-state index in [-0.39, 0.29) is 0 Å². The molecule has 0 saturated heterocycles. The molecule has 12 aromatic rings. The van der Waals surface area contributed by atoms with Crippen LogP contribution in [0.5, 0.6) is 0 Å². The summed E-state index contributed by atoms with van der Waals surface area (Å²) in [6, 6.07) is 89.4. The number of hydrogen-bond donors (Lipinski definition) is 0. The first-order valence-corrected chi connectivity index (χ1v) is 22.8. The Kier molecular flexibility index (Phi) is 8.34. The van der Waals surface area contributed by atoms with E-state index in [1.807, 2.05) is 11.3 Å². The average Bonchev–Trinajstić information content (AvgIpc) is 4.01. The summed E-state index contributed by atoms with van der Waals surface area (Å²) in [6.45, 7) is 0. The van der Waals surface area contributed by atoms with Crippen molar-refractivity contribution in [2.24, 2.45) is 0 Å². The fourth-order valence-corrected chi connectivity index (χ4v) is 12.1. The number of anilines is 3. The van der Waals surface area contributed by atoms with Crippen molar-refractivity contribution < 1.29 is 0 Å². The van der Waals surface area contributed by atoms with E-state index in [2.05, 4.69) is 252 Å². The minimum Gasteiger partial charge on any atom is -0.309 e. The molecular weight excluding hydrogens is 793 g/mol. The van der Waals surface area contributed by atoms with Crippen LogP contribution in [-0.2, 0) is 5.41 Å². The van der Waals surface area contributed by atoms with E-state index in [4.69, 9.17) is 0 Å². The number of benzene rings is 10. The topological polar surface area (TPSA) is 8.17 Å². The van der Waals surface area contributed by atoms with Gasteiger partial charge in [0.05, 0.1) is 31.5 Å². The van der Waals surface area contributed by atoms with Gasteiger partial charge < -0.3 is 9.47 Å². The predicted molar refractivity (Wildman–Crippen MR) is 271 cm³/mol. The van der Waals surface area contributed by atoms with Crippen LogP contribution in [0.15, 0.2) is 243 Å². The molecule has 2 aromatic heterocycles. The Morgan fingerprint density at radius 2 is 0.969 bits per heavy atom. The van der Waals surface area contributed by atoms with E-state index < -0.39 is 5.41 Å². The first-order valence-electron chi connectivity index (χ1n) is 22.0. The summed E-state index contributed by atoms with van der Waals surface area (Å²) < 4.78 is 5.00. The van der Waals surface area contributed by atoms with Crippen molar-refractivity contribution in [3.05, 3.63) is 265 Å². The van der Waals surface area contributed by atoms with Gasteiger partial charge in [0.2, 0.25) is 0 Å². The monoisotopic (exact) mass is 832 g/mol. The van der Waals surface area contributed by atoms with Crippen molar-refractivity contribution in [3.63, 3.8) is 0 Å². The third-order valence-electron chi connectivity index (χ3n) is 13.5. The summed E-state index contributed by atoms with van der Waals surface area (Å²) in [7, 11) is 0. The summed E-state index contributed by atoms with van der Waals surface area (Å²) in [5.74, 6) is 0. The van der Waals surface area contributed by atoms with Crippen LogP contribution < -0.4 is 4.90 Å². The van der Waals surface area contributed by atoms with E-state index in [1.165, 1.54) is 86.5 Å². The normalized spacial score (nSPS) is 12.8. The highest BCUT2D eigenvalue weighted by molar-refractivity contribution is 7.27. The molecule has 0 atom stereocenters. The Bertz CT molecular complexity index is 3680. The SMILES string of the molecule is c1ccc(-n2c3ccccc3c3sc4c(N(c5ccc(-c6cccc7ccccc67)cc5)c5cccc(C6(c7ccccc7)c7ccccc7-c7ccccc76)c5)cccc4c32)cc1. The Balaban J connectivity index is 1.07. The van der Waals surface area contributed by atoms with Gasteiger partial charge in [-0.3, -0.25) is 0 Å². The van der Waals surface area contributed by atoms with Crippen molar-refractivity contribution in [1.29, 1.82) is 0 Å². The second-order valence-corrected chi connectivity index (χ2v) is 17.8. The lowest BCUT2D eigenvalue weighted by Crippen LogP contribution is -2.28. The molecule has 0 saturated carbocycles. The molecule has 0 N–H and O–H groups in total. The highest BCUT2D eigenvalue weighted by Crippen LogP contribution is 2.57. The van der Waals surface area contributed by atoms with Crippen LogP contribution >= 0.6 is 11.3 Å². The van der Waals surface area contributed by atoms with E-state index in [1.54, 1.807) is 0 Å². The van der Waals surface area contributed by atoms with Crippen molar-refractivity contribution in [2.75, 3.05) is 4.90 Å². The first-order chi connectivity index (χ1) is 31.8. The predicted octanol–water partition coefficient (Wildman–Crippen LogP) is 16.7. The third kappa shape index (κ3) is 5.38. The number of para-hydroxylation sites is 2. The van der Waals surface area contributed by atoms with Crippen molar-refractivity contribution in [2.45, 2.75) is 5.41 Å². The Hall–Kier alpha value is -7.98. The lowest BCUT2D eigenvalue weighted by Gasteiger charge is -2.35. The van der Waals surface area contributed by atoms with Crippen molar-refractivity contribution in [3.8, 4) is 27.9 Å². The van der Waals surface area contributed by atoms with Gasteiger partial charge in [0, 0.05) is 27.8 Å². The van der Waals surface area contributed by atoms with Crippen molar-refractivity contribution in [1.82, 2.24) is 4.57 Å². The van der Waals surface area contributed by atoms with Crippen LogP contribution in [0.1, 0.15) is 22.3 Å². The summed E-state index contributed by atoms with van der Waals surface area (Å²) >= 11 is 1.90. The molecule has 1 aliphatic rings. The average molecular weight is 833 g/mol. The molecule has 13 rings (SSSR count). The molecule has 0 fully saturated rings. The van der Waals surface area contributed by atoms with Gasteiger partial charge in [-0.25, -0.2) is 0 Å². The minimum atomic E-state index is -0.523. The number of rotatable bonds is 7. The number of nitrogens with zero attached hydrogens (tertiary/aromatic N) is 2. The van der Waals surface area contributed by atoms with Crippen LogP contribution in [0, 0.1) is 0 Å². The molecule has 0 unspecified atom stereocenters. The molecule has 3 heteroatoms. The minimum absolute atomic E-state index is 0.523. The Morgan fingerprint density at radius 1 is 0.391 bits per heavy atom. The van der Waals surface area contributed by atoms with Gasteiger partial charge >= 0.3 is 0 Å². The molecule has 300 valence electrons. The zero-order chi connectivity index (χ0) is 42.2. The fraction of sp³-hybridized carbons (Fsp3) is 0.0164. The summed E-state index contributed by atoms with van der Waals surface area (Å²) in [5.41, 5.74) is 16.6. The fourth-order valence-electron chi connectivity index (χ4n) is 10.8. The summed E-state index contributed by atoms with van der Waals surface area (Å²) in [6.07, 6.45) is 0. The molecule has 64 heavy (non-hydrogen) atoms. The highest BCUT2D eigenvalue weighted by atomic mass is 32.1. The first kappa shape index (κ1) is 36.7. The maximum atomic E-state index is 2.49. The smallest absolute Gasteiger partial charge is 0.0728 e. The largest absolute Gasteiger partial charge is 0.309 e. The molecule has 0 bridgehead atoms. The maximum absolute atomic E-state index is 2.49. The summed E-state index contributed by atoms with van der Waals surface area (Å²) in [5, 5.41) is 5.01. The number of thiophene rings is 1. The highest BCUT2D eigenvalue weighted by Gasteiger charge is 2.46. The maximum Gasteiger partial charge on any atom is 0.0728 e. The van der Waals surface area contributed by atoms with E-state index in [0.29, 0.717) is 0 Å². The zero-order valence-corrected chi connectivity index (χ0v) is 35.7. The Morgan fingerprint density at radius 3 is 1.75 bits per heavy atom. The molecule has 0 radical (unpaired) electrons. The van der Waals surface area contributed by atoms with Crippen LogP contribution in [0.25, 0.3) is 69.9 Å². The Labute approximate surface area is 376 Å². The van der Waals surface area contributed by atoms with Gasteiger partial charge in [0.25, 0.3) is 0 Å². The molecule has 2 nitrogen and oxygen atoms in total. The molecule has 1 aliphatic carbocycles. The molecule has 2 heterocycles. The third-order valence-corrected chi connectivity index (χ3v) is 14.7. The van der Waals surface area contributed by atoms with Gasteiger partial charge in [-0.15, -0.1) is 11.3 Å². The molecular formula is C61H40N2S.